The van der Waals surface area contributed by atoms with Gasteiger partial charge >= 0.3 is 5.97 Å². The van der Waals surface area contributed by atoms with Gasteiger partial charge in [-0.1, -0.05) is 23.7 Å². The second-order valence-corrected chi connectivity index (χ2v) is 6.64. The summed E-state index contributed by atoms with van der Waals surface area (Å²) in [5.41, 5.74) is 3.32. The minimum atomic E-state index is -0.918. The topological polar surface area (TPSA) is 64.6 Å². The van der Waals surface area contributed by atoms with Crippen molar-refractivity contribution in [3.8, 4) is 5.75 Å². The first kappa shape index (κ1) is 18.3. The van der Waals surface area contributed by atoms with Gasteiger partial charge in [-0.3, -0.25) is 4.79 Å². The molecule has 1 aliphatic rings. The number of fused-ring (bicyclic) bond motifs is 1. The molecule has 0 fully saturated rings. The Morgan fingerprint density at radius 2 is 1.96 bits per heavy atom. The van der Waals surface area contributed by atoms with Crippen LogP contribution in [0.25, 0.3) is 0 Å². The first-order chi connectivity index (χ1) is 12.5. The Hall–Kier alpha value is -2.53. The van der Waals surface area contributed by atoms with Crippen molar-refractivity contribution in [2.24, 2.45) is 0 Å². The highest BCUT2D eigenvalue weighted by Crippen LogP contribution is 2.25. The lowest BCUT2D eigenvalue weighted by Crippen LogP contribution is -2.31. The van der Waals surface area contributed by atoms with Crippen LogP contribution in [0, 0.1) is 0 Å². The molecule has 0 saturated carbocycles. The van der Waals surface area contributed by atoms with Crippen molar-refractivity contribution >= 4 is 29.2 Å². The van der Waals surface area contributed by atoms with E-state index >= 15 is 0 Å². The molecule has 0 aliphatic heterocycles. The number of carbonyl (C=O) groups is 2. The molecular weight excluding hydrogens is 354 g/mol. The van der Waals surface area contributed by atoms with Gasteiger partial charge in [0.25, 0.3) is 5.91 Å². The lowest BCUT2D eigenvalue weighted by atomic mass is 10.1. The number of aryl methyl sites for hydroxylation is 2. The van der Waals surface area contributed by atoms with Gasteiger partial charge in [-0.05, 0) is 67.6 Å². The number of halogens is 1. The average Bonchev–Trinajstić information content (AvgIpc) is 3.07. The molecule has 136 valence electrons. The van der Waals surface area contributed by atoms with Crippen LogP contribution in [0.2, 0.25) is 5.02 Å². The zero-order valence-electron chi connectivity index (χ0n) is 14.5. The number of anilines is 1. The molecule has 1 amide bonds. The molecule has 0 spiro atoms. The van der Waals surface area contributed by atoms with Crippen LogP contribution in [0.3, 0.4) is 0 Å². The second-order valence-electron chi connectivity index (χ2n) is 6.20. The summed E-state index contributed by atoms with van der Waals surface area (Å²) in [5, 5.41) is 3.30. The highest BCUT2D eigenvalue weighted by atomic mass is 35.5. The minimum Gasteiger partial charge on any atom is -0.482 e. The van der Waals surface area contributed by atoms with Crippen LogP contribution in [0.1, 0.15) is 24.5 Å². The van der Waals surface area contributed by atoms with Crippen LogP contribution >= 0.6 is 11.6 Å². The SMILES string of the molecule is C[C@H](OC(=O)COc1cccc(Cl)c1)C(=O)Nc1ccc2c(c1)CCC2. The van der Waals surface area contributed by atoms with Gasteiger partial charge in [0, 0.05) is 10.7 Å². The fourth-order valence-corrected chi connectivity index (χ4v) is 3.06. The smallest absolute Gasteiger partial charge is 0.344 e. The maximum Gasteiger partial charge on any atom is 0.344 e. The van der Waals surface area contributed by atoms with E-state index in [1.165, 1.54) is 18.1 Å². The van der Waals surface area contributed by atoms with E-state index in [0.29, 0.717) is 16.5 Å². The molecule has 5 nitrogen and oxygen atoms in total. The summed E-state index contributed by atoms with van der Waals surface area (Å²) in [6.07, 6.45) is 2.35. The van der Waals surface area contributed by atoms with Gasteiger partial charge < -0.3 is 14.8 Å². The van der Waals surface area contributed by atoms with Crippen LogP contribution in [-0.4, -0.2) is 24.6 Å². The van der Waals surface area contributed by atoms with Crippen molar-refractivity contribution in [2.75, 3.05) is 11.9 Å². The lowest BCUT2D eigenvalue weighted by Gasteiger charge is -2.14. The fraction of sp³-hybridized carbons (Fsp3) is 0.300. The summed E-state index contributed by atoms with van der Waals surface area (Å²) in [6, 6.07) is 12.6. The van der Waals surface area contributed by atoms with E-state index in [9.17, 15) is 9.59 Å². The molecule has 0 aromatic heterocycles. The number of benzene rings is 2. The van der Waals surface area contributed by atoms with E-state index in [-0.39, 0.29) is 12.5 Å². The van der Waals surface area contributed by atoms with E-state index in [4.69, 9.17) is 21.1 Å². The summed E-state index contributed by atoms with van der Waals surface area (Å²) in [7, 11) is 0. The molecule has 0 radical (unpaired) electrons. The third-order valence-electron chi connectivity index (χ3n) is 4.20. The van der Waals surface area contributed by atoms with Gasteiger partial charge in [0.1, 0.15) is 5.75 Å². The molecular formula is C20H20ClNO4. The van der Waals surface area contributed by atoms with E-state index in [1.54, 1.807) is 24.3 Å². The van der Waals surface area contributed by atoms with Crippen molar-refractivity contribution in [3.05, 3.63) is 58.6 Å². The highest BCUT2D eigenvalue weighted by molar-refractivity contribution is 6.30. The second kappa shape index (κ2) is 8.23. The minimum absolute atomic E-state index is 0.295. The fourth-order valence-electron chi connectivity index (χ4n) is 2.88. The average molecular weight is 374 g/mol. The molecule has 1 N–H and O–H groups in total. The van der Waals surface area contributed by atoms with Crippen LogP contribution in [0.15, 0.2) is 42.5 Å². The zero-order valence-corrected chi connectivity index (χ0v) is 15.2. The van der Waals surface area contributed by atoms with Crippen LogP contribution in [0.5, 0.6) is 5.75 Å². The number of hydrogen-bond donors (Lipinski definition) is 1. The number of esters is 1. The maximum absolute atomic E-state index is 12.2. The molecule has 0 saturated heterocycles. The largest absolute Gasteiger partial charge is 0.482 e. The molecule has 6 heteroatoms. The van der Waals surface area contributed by atoms with E-state index in [2.05, 4.69) is 5.32 Å². The molecule has 1 aliphatic carbocycles. The summed E-state index contributed by atoms with van der Waals surface area (Å²) in [4.78, 5) is 24.1. The summed E-state index contributed by atoms with van der Waals surface area (Å²) < 4.78 is 10.4. The van der Waals surface area contributed by atoms with Crippen molar-refractivity contribution in [2.45, 2.75) is 32.3 Å². The van der Waals surface area contributed by atoms with Gasteiger partial charge in [0.15, 0.2) is 12.7 Å². The van der Waals surface area contributed by atoms with Crippen molar-refractivity contribution in [3.63, 3.8) is 0 Å². The first-order valence-corrected chi connectivity index (χ1v) is 8.89. The lowest BCUT2D eigenvalue weighted by molar-refractivity contribution is -0.155. The highest BCUT2D eigenvalue weighted by Gasteiger charge is 2.19. The summed E-state index contributed by atoms with van der Waals surface area (Å²) in [6.45, 7) is 1.23. The van der Waals surface area contributed by atoms with E-state index in [0.717, 1.165) is 19.3 Å². The third-order valence-corrected chi connectivity index (χ3v) is 4.43. The summed E-state index contributed by atoms with van der Waals surface area (Å²) in [5.74, 6) is -0.537. The monoisotopic (exact) mass is 373 g/mol. The summed E-state index contributed by atoms with van der Waals surface area (Å²) >= 11 is 5.85. The Morgan fingerprint density at radius 3 is 2.77 bits per heavy atom. The predicted octanol–water partition coefficient (Wildman–Crippen LogP) is 3.78. The molecule has 2 aromatic carbocycles. The van der Waals surface area contributed by atoms with Crippen molar-refractivity contribution in [1.82, 2.24) is 0 Å². The van der Waals surface area contributed by atoms with Crippen molar-refractivity contribution in [1.29, 1.82) is 0 Å². The third kappa shape index (κ3) is 4.76. The van der Waals surface area contributed by atoms with E-state index in [1.807, 2.05) is 18.2 Å². The Morgan fingerprint density at radius 1 is 1.15 bits per heavy atom. The van der Waals surface area contributed by atoms with Crippen LogP contribution < -0.4 is 10.1 Å². The van der Waals surface area contributed by atoms with Gasteiger partial charge in [0.05, 0.1) is 0 Å². The van der Waals surface area contributed by atoms with Gasteiger partial charge in [-0.2, -0.15) is 0 Å². The van der Waals surface area contributed by atoms with Crippen LogP contribution in [0.4, 0.5) is 5.69 Å². The van der Waals surface area contributed by atoms with Gasteiger partial charge in [-0.15, -0.1) is 0 Å². The van der Waals surface area contributed by atoms with Crippen LogP contribution in [-0.2, 0) is 27.2 Å². The standard InChI is InChI=1S/C20H20ClNO4/c1-13(26-19(23)12-25-18-7-3-6-16(21)11-18)20(24)22-17-9-8-14-4-2-5-15(14)10-17/h3,6-11,13H,2,4-5,12H2,1H3,(H,22,24)/t13-/m0/s1. The Labute approximate surface area is 157 Å². The Balaban J connectivity index is 1.48. The molecule has 0 bridgehead atoms. The van der Waals surface area contributed by atoms with Gasteiger partial charge in [-0.25, -0.2) is 4.79 Å². The molecule has 1 atom stereocenters. The number of hydrogen-bond acceptors (Lipinski definition) is 4. The van der Waals surface area contributed by atoms with Crippen molar-refractivity contribution < 1.29 is 19.1 Å². The molecule has 2 aromatic rings. The van der Waals surface area contributed by atoms with Gasteiger partial charge in [0.2, 0.25) is 0 Å². The number of nitrogens with one attached hydrogen (secondary N) is 1. The zero-order chi connectivity index (χ0) is 18.5. The number of rotatable bonds is 6. The van der Waals surface area contributed by atoms with E-state index < -0.39 is 12.1 Å². The quantitative estimate of drug-likeness (QED) is 0.783. The Bertz CT molecular complexity index is 821. The number of carbonyl (C=O) groups excluding carboxylic acids is 2. The number of amides is 1. The predicted molar refractivity (Wildman–Crippen MR) is 99.6 cm³/mol. The number of ether oxygens (including phenoxy) is 2. The first-order valence-electron chi connectivity index (χ1n) is 8.52. The molecule has 0 unspecified atom stereocenters. The molecule has 26 heavy (non-hydrogen) atoms. The molecule has 3 rings (SSSR count). The molecule has 0 heterocycles. The maximum atomic E-state index is 12.2. The Kier molecular flexibility index (Phi) is 5.78. The normalized spacial score (nSPS) is 13.6.